The fraction of sp³-hybridized carbons (Fsp3) is 0.0526. The smallest absolute Gasteiger partial charge is 0.395 e. The van der Waals surface area contributed by atoms with Gasteiger partial charge in [-0.25, -0.2) is 4.39 Å². The van der Waals surface area contributed by atoms with Crippen LogP contribution in [0.2, 0.25) is 5.02 Å². The first kappa shape index (κ1) is 20.0. The summed E-state index contributed by atoms with van der Waals surface area (Å²) in [4.78, 5) is 27.1. The number of nitrogens with zero attached hydrogens (tertiary/aromatic N) is 2. The minimum Gasteiger partial charge on any atom is -0.489 e. The topological polar surface area (TPSA) is 118 Å². The highest BCUT2D eigenvalue weighted by molar-refractivity contribution is 6.31. The molecule has 0 unspecified atom stereocenters. The van der Waals surface area contributed by atoms with Crippen LogP contribution in [0.4, 0.5) is 10.1 Å². The highest BCUT2D eigenvalue weighted by Crippen LogP contribution is 2.23. The van der Waals surface area contributed by atoms with Gasteiger partial charge < -0.3 is 14.8 Å². The van der Waals surface area contributed by atoms with Crippen molar-refractivity contribution in [2.45, 2.75) is 6.61 Å². The molecule has 0 saturated carbocycles. The lowest BCUT2D eigenvalue weighted by atomic mass is 10.2. The zero-order chi connectivity index (χ0) is 21.0. The van der Waals surface area contributed by atoms with E-state index in [0.717, 1.165) is 0 Å². The molecule has 8 nitrogen and oxygen atoms in total. The number of nitro groups is 1. The number of hydrogen-bond acceptors (Lipinski definition) is 6. The first-order valence-corrected chi connectivity index (χ1v) is 8.54. The molecule has 1 aromatic heterocycles. The van der Waals surface area contributed by atoms with E-state index in [-0.39, 0.29) is 23.0 Å². The predicted octanol–water partition coefficient (Wildman–Crippen LogP) is 3.93. The van der Waals surface area contributed by atoms with Crippen molar-refractivity contribution in [3.05, 3.63) is 90.7 Å². The van der Waals surface area contributed by atoms with Gasteiger partial charge in [-0.15, -0.1) is 0 Å². The molecule has 1 heterocycles. The van der Waals surface area contributed by atoms with Crippen LogP contribution in [0, 0.1) is 15.9 Å². The van der Waals surface area contributed by atoms with Crippen LogP contribution in [-0.2, 0) is 6.61 Å². The number of hydrogen-bond donors (Lipinski definition) is 2. The van der Waals surface area contributed by atoms with Gasteiger partial charge in [-0.3, -0.25) is 14.9 Å². The number of nitrogens with one attached hydrogen (secondary N) is 1. The van der Waals surface area contributed by atoms with Crippen LogP contribution < -0.4 is 10.3 Å². The van der Waals surface area contributed by atoms with Crippen LogP contribution in [0.15, 0.2) is 47.3 Å². The van der Waals surface area contributed by atoms with Crippen LogP contribution in [0.1, 0.15) is 17.0 Å². The van der Waals surface area contributed by atoms with Gasteiger partial charge in [-0.1, -0.05) is 35.9 Å². The largest absolute Gasteiger partial charge is 0.489 e. The maximum absolute atomic E-state index is 13.8. The second-order valence-corrected chi connectivity index (χ2v) is 6.18. The van der Waals surface area contributed by atoms with E-state index in [9.17, 15) is 24.4 Å². The molecular weight excluding hydrogens is 405 g/mol. The summed E-state index contributed by atoms with van der Waals surface area (Å²) < 4.78 is 19.4. The van der Waals surface area contributed by atoms with Gasteiger partial charge in [-0.2, -0.15) is 4.98 Å². The third-order valence-corrected chi connectivity index (χ3v) is 4.17. The quantitative estimate of drug-likeness (QED) is 0.463. The van der Waals surface area contributed by atoms with E-state index in [1.807, 2.05) is 0 Å². The molecule has 0 amide bonds. The van der Waals surface area contributed by atoms with Gasteiger partial charge >= 0.3 is 11.2 Å². The zero-order valence-corrected chi connectivity index (χ0v) is 15.4. The highest BCUT2D eigenvalue weighted by atomic mass is 35.5. The maximum atomic E-state index is 13.8. The average Bonchev–Trinajstić information content (AvgIpc) is 2.65. The summed E-state index contributed by atoms with van der Waals surface area (Å²) in [5, 5.41) is 20.5. The van der Waals surface area contributed by atoms with Gasteiger partial charge in [0.25, 0.3) is 5.88 Å². The Bertz CT molecular complexity index is 1140. The van der Waals surface area contributed by atoms with Crippen molar-refractivity contribution in [1.82, 2.24) is 9.97 Å². The lowest BCUT2D eigenvalue weighted by Crippen LogP contribution is -2.14. The summed E-state index contributed by atoms with van der Waals surface area (Å²) in [6.07, 6.45) is 2.91. The number of aromatic amines is 1. The second-order valence-electron chi connectivity index (χ2n) is 5.78. The van der Waals surface area contributed by atoms with E-state index in [1.165, 1.54) is 18.2 Å². The van der Waals surface area contributed by atoms with E-state index in [4.69, 9.17) is 16.3 Å². The van der Waals surface area contributed by atoms with Crippen molar-refractivity contribution in [2.75, 3.05) is 0 Å². The average molecular weight is 418 g/mol. The van der Waals surface area contributed by atoms with E-state index in [0.29, 0.717) is 11.3 Å². The van der Waals surface area contributed by atoms with Gasteiger partial charge in [-0.05, 0) is 35.9 Å². The van der Waals surface area contributed by atoms with Crippen LogP contribution in [-0.4, -0.2) is 20.0 Å². The third kappa shape index (κ3) is 4.77. The molecule has 0 bridgehead atoms. The first-order chi connectivity index (χ1) is 13.8. The molecule has 0 aliphatic heterocycles. The Labute approximate surface area is 168 Å². The molecule has 0 radical (unpaired) electrons. The molecule has 0 fully saturated rings. The number of H-pyrrole nitrogens is 1. The molecule has 0 atom stereocenters. The summed E-state index contributed by atoms with van der Waals surface area (Å²) in [6, 6.07) is 11.1. The Kier molecular flexibility index (Phi) is 5.89. The van der Waals surface area contributed by atoms with Crippen LogP contribution in [0.25, 0.3) is 12.2 Å². The second kappa shape index (κ2) is 8.53. The molecule has 10 heteroatoms. The standard InChI is InChI=1S/C19H13ClFN3O5/c20-14-5-2-6-15(21)13(14)10-29-12-4-1-3-11(9-12)7-8-16-22-18(25)17(24(27)28)19(26)23-16/h1-9H,10H2,(H2,22,23,25,26)/b8-7-. The van der Waals surface area contributed by atoms with Crippen molar-refractivity contribution in [3.63, 3.8) is 0 Å². The van der Waals surface area contributed by atoms with E-state index < -0.39 is 27.9 Å². The minimum absolute atomic E-state index is 0.0657. The number of aromatic nitrogens is 2. The third-order valence-electron chi connectivity index (χ3n) is 3.81. The molecule has 0 aliphatic rings. The molecule has 0 saturated heterocycles. The van der Waals surface area contributed by atoms with Crippen LogP contribution in [0.5, 0.6) is 11.6 Å². The summed E-state index contributed by atoms with van der Waals surface area (Å²) in [6.45, 7) is -0.0657. The maximum Gasteiger partial charge on any atom is 0.395 e. The number of benzene rings is 2. The van der Waals surface area contributed by atoms with Crippen LogP contribution >= 0.6 is 11.6 Å². The molecule has 29 heavy (non-hydrogen) atoms. The summed E-state index contributed by atoms with van der Waals surface area (Å²) in [7, 11) is 0. The van der Waals surface area contributed by atoms with Crippen molar-refractivity contribution >= 4 is 29.4 Å². The number of rotatable bonds is 6. The Morgan fingerprint density at radius 3 is 2.72 bits per heavy atom. The molecule has 0 aliphatic carbocycles. The molecule has 2 N–H and O–H groups in total. The summed E-state index contributed by atoms with van der Waals surface area (Å²) in [5.74, 6) is -1.07. The molecule has 3 aromatic rings. The van der Waals surface area contributed by atoms with Gasteiger partial charge in [0, 0.05) is 5.56 Å². The number of ether oxygens (including phenoxy) is 1. The summed E-state index contributed by atoms with van der Waals surface area (Å²) in [5.41, 5.74) is -1.22. The Hall–Kier alpha value is -3.72. The van der Waals surface area contributed by atoms with Crippen molar-refractivity contribution in [1.29, 1.82) is 0 Å². The fourth-order valence-electron chi connectivity index (χ4n) is 2.42. The fourth-order valence-corrected chi connectivity index (χ4v) is 2.64. The summed E-state index contributed by atoms with van der Waals surface area (Å²) >= 11 is 5.97. The SMILES string of the molecule is O=c1[nH]c(/C=C\c2cccc(OCc3c(F)cccc3Cl)c2)nc(O)c1[N+](=O)[O-]. The molecule has 148 valence electrons. The molecule has 0 spiro atoms. The normalized spacial score (nSPS) is 11.0. The predicted molar refractivity (Wildman–Crippen MR) is 104 cm³/mol. The van der Waals surface area contributed by atoms with E-state index in [2.05, 4.69) is 9.97 Å². The van der Waals surface area contributed by atoms with E-state index in [1.54, 1.807) is 36.4 Å². The van der Waals surface area contributed by atoms with Gasteiger partial charge in [0.1, 0.15) is 24.0 Å². The lowest BCUT2D eigenvalue weighted by molar-refractivity contribution is -0.387. The molecular formula is C19H13ClFN3O5. The Morgan fingerprint density at radius 1 is 1.28 bits per heavy atom. The van der Waals surface area contributed by atoms with Crippen molar-refractivity contribution in [2.24, 2.45) is 0 Å². The highest BCUT2D eigenvalue weighted by Gasteiger charge is 2.21. The van der Waals surface area contributed by atoms with Crippen LogP contribution in [0.3, 0.4) is 0 Å². The number of aromatic hydroxyl groups is 1. The molecule has 2 aromatic carbocycles. The van der Waals surface area contributed by atoms with E-state index >= 15 is 0 Å². The van der Waals surface area contributed by atoms with Gasteiger partial charge in [0.2, 0.25) is 0 Å². The first-order valence-electron chi connectivity index (χ1n) is 8.16. The minimum atomic E-state index is -1.07. The Morgan fingerprint density at radius 2 is 2.03 bits per heavy atom. The zero-order valence-electron chi connectivity index (χ0n) is 14.6. The van der Waals surface area contributed by atoms with Gasteiger partial charge in [0.05, 0.1) is 9.95 Å². The lowest BCUT2D eigenvalue weighted by Gasteiger charge is -2.09. The monoisotopic (exact) mass is 417 g/mol. The molecule has 3 rings (SSSR count). The van der Waals surface area contributed by atoms with Gasteiger partial charge in [0.15, 0.2) is 0 Å². The van der Waals surface area contributed by atoms with Crippen molar-refractivity contribution in [3.8, 4) is 11.6 Å². The van der Waals surface area contributed by atoms with Crippen molar-refractivity contribution < 1.29 is 19.2 Å². The Balaban J connectivity index is 1.76. The number of halogens is 2.